The standard InChI is InChI=1S/C20H19ClFN3O.C6H8N2/c1-11-9-17-19(23-12(11)2)18(15-4-3-14(21)10-16(15)22)25-20(24-17)13-5-7-26-8-6-13;1-4-7-8(5-1)6-2-3-6/h3-4,9-10,13H,5-8H2,1-2H3;1,4-6H,2-3H2. The van der Waals surface area contributed by atoms with Crippen molar-refractivity contribution in [1.29, 1.82) is 0 Å². The predicted molar refractivity (Wildman–Crippen MR) is 131 cm³/mol. The summed E-state index contributed by atoms with van der Waals surface area (Å²) in [5.41, 5.74) is 4.21. The molecule has 2 fully saturated rings. The number of nitrogens with zero attached hydrogens (tertiary/aromatic N) is 5. The van der Waals surface area contributed by atoms with E-state index in [2.05, 4.69) is 10.1 Å². The monoisotopic (exact) mass is 479 g/mol. The van der Waals surface area contributed by atoms with Gasteiger partial charge in [0.05, 0.1) is 11.6 Å². The first-order chi connectivity index (χ1) is 16.5. The summed E-state index contributed by atoms with van der Waals surface area (Å²) in [7, 11) is 0. The smallest absolute Gasteiger partial charge is 0.134 e. The van der Waals surface area contributed by atoms with E-state index in [1.54, 1.807) is 12.1 Å². The van der Waals surface area contributed by atoms with Gasteiger partial charge in [-0.15, -0.1) is 0 Å². The Morgan fingerprint density at radius 1 is 1.03 bits per heavy atom. The molecule has 1 aliphatic heterocycles. The van der Waals surface area contributed by atoms with Gasteiger partial charge in [0.1, 0.15) is 22.9 Å². The first-order valence-electron chi connectivity index (χ1n) is 11.7. The number of hydrogen-bond donors (Lipinski definition) is 0. The second-order valence-corrected chi connectivity index (χ2v) is 9.35. The van der Waals surface area contributed by atoms with Crippen LogP contribution in [0.5, 0.6) is 0 Å². The fourth-order valence-electron chi connectivity index (χ4n) is 4.11. The molecule has 34 heavy (non-hydrogen) atoms. The van der Waals surface area contributed by atoms with Crippen molar-refractivity contribution in [2.75, 3.05) is 13.2 Å². The molecule has 0 atom stereocenters. The third-order valence-electron chi connectivity index (χ3n) is 6.35. The number of rotatable bonds is 3. The van der Waals surface area contributed by atoms with Crippen molar-refractivity contribution in [2.24, 2.45) is 0 Å². The first-order valence-corrected chi connectivity index (χ1v) is 12.1. The number of halogens is 2. The van der Waals surface area contributed by atoms with E-state index in [-0.39, 0.29) is 5.92 Å². The molecule has 8 heteroatoms. The Morgan fingerprint density at radius 3 is 2.50 bits per heavy atom. The summed E-state index contributed by atoms with van der Waals surface area (Å²) in [5.74, 6) is 0.537. The van der Waals surface area contributed by atoms with Gasteiger partial charge in [0.25, 0.3) is 0 Å². The SMILES string of the molecule is Cc1cc2nc(C3CCOCC3)nc(-c3ccc(Cl)cc3F)c2nc1C.c1cnn(C2CC2)c1. The summed E-state index contributed by atoms with van der Waals surface area (Å²) in [5, 5.41) is 4.45. The van der Waals surface area contributed by atoms with Crippen molar-refractivity contribution in [3.63, 3.8) is 0 Å². The van der Waals surface area contributed by atoms with Crippen molar-refractivity contribution in [3.05, 3.63) is 70.6 Å². The fourth-order valence-corrected chi connectivity index (χ4v) is 4.27. The highest BCUT2D eigenvalue weighted by molar-refractivity contribution is 6.30. The van der Waals surface area contributed by atoms with Gasteiger partial charge in [-0.2, -0.15) is 5.10 Å². The second-order valence-electron chi connectivity index (χ2n) is 8.92. The molecule has 6 nitrogen and oxygen atoms in total. The summed E-state index contributed by atoms with van der Waals surface area (Å²) >= 11 is 5.92. The molecule has 2 aliphatic rings. The second kappa shape index (κ2) is 9.76. The highest BCUT2D eigenvalue weighted by Crippen LogP contribution is 2.34. The summed E-state index contributed by atoms with van der Waals surface area (Å²) in [6.07, 6.45) is 8.23. The van der Waals surface area contributed by atoms with Gasteiger partial charge < -0.3 is 4.74 Å². The number of aromatic nitrogens is 5. The summed E-state index contributed by atoms with van der Waals surface area (Å²) in [6.45, 7) is 5.33. The minimum atomic E-state index is -0.407. The van der Waals surface area contributed by atoms with Gasteiger partial charge >= 0.3 is 0 Å². The third-order valence-corrected chi connectivity index (χ3v) is 6.59. The molecule has 176 valence electrons. The number of pyridine rings is 1. The lowest BCUT2D eigenvalue weighted by molar-refractivity contribution is 0.0837. The molecule has 4 heterocycles. The maximum atomic E-state index is 14.6. The predicted octanol–water partition coefficient (Wildman–Crippen LogP) is 6.21. The van der Waals surface area contributed by atoms with Gasteiger partial charge in [0.15, 0.2) is 0 Å². The Labute approximate surface area is 203 Å². The van der Waals surface area contributed by atoms with E-state index in [1.165, 1.54) is 18.9 Å². The first kappa shape index (κ1) is 22.9. The molecule has 6 rings (SSSR count). The molecule has 0 unspecified atom stereocenters. The van der Waals surface area contributed by atoms with Crippen molar-refractivity contribution in [3.8, 4) is 11.3 Å². The Kier molecular flexibility index (Phi) is 6.57. The van der Waals surface area contributed by atoms with Gasteiger partial charge in [-0.1, -0.05) is 11.6 Å². The Balaban J connectivity index is 0.000000252. The molecule has 4 aromatic rings. The molecule has 0 spiro atoms. The normalized spacial score (nSPS) is 16.4. The largest absolute Gasteiger partial charge is 0.381 e. The average molecular weight is 480 g/mol. The van der Waals surface area contributed by atoms with E-state index in [4.69, 9.17) is 26.3 Å². The molecular weight excluding hydrogens is 453 g/mol. The lowest BCUT2D eigenvalue weighted by atomic mass is 9.98. The summed E-state index contributed by atoms with van der Waals surface area (Å²) < 4.78 is 22.1. The van der Waals surface area contributed by atoms with Crippen molar-refractivity contribution < 1.29 is 9.13 Å². The molecule has 1 aliphatic carbocycles. The molecule has 1 saturated heterocycles. The van der Waals surface area contributed by atoms with E-state index >= 15 is 0 Å². The van der Waals surface area contributed by atoms with E-state index in [9.17, 15) is 4.39 Å². The van der Waals surface area contributed by atoms with Crippen LogP contribution in [0.15, 0.2) is 42.7 Å². The van der Waals surface area contributed by atoms with E-state index in [0.29, 0.717) is 35.0 Å². The van der Waals surface area contributed by atoms with Gasteiger partial charge in [-0.3, -0.25) is 4.68 Å². The number of hydrogen-bond acceptors (Lipinski definition) is 5. The Morgan fingerprint density at radius 2 is 1.82 bits per heavy atom. The maximum absolute atomic E-state index is 14.6. The lowest BCUT2D eigenvalue weighted by Gasteiger charge is -2.22. The van der Waals surface area contributed by atoms with E-state index in [0.717, 1.165) is 41.5 Å². The molecule has 1 aromatic carbocycles. The van der Waals surface area contributed by atoms with Crippen LogP contribution in [-0.2, 0) is 4.74 Å². The van der Waals surface area contributed by atoms with Crippen LogP contribution in [0, 0.1) is 19.7 Å². The molecule has 0 N–H and O–H groups in total. The average Bonchev–Trinajstić information content (AvgIpc) is 3.54. The minimum absolute atomic E-state index is 0.212. The lowest BCUT2D eigenvalue weighted by Crippen LogP contribution is -2.17. The number of fused-ring (bicyclic) bond motifs is 1. The molecular formula is C26H27ClFN5O. The summed E-state index contributed by atoms with van der Waals surface area (Å²) in [4.78, 5) is 14.2. The van der Waals surface area contributed by atoms with Crippen LogP contribution >= 0.6 is 11.6 Å². The van der Waals surface area contributed by atoms with Gasteiger partial charge in [-0.25, -0.2) is 19.3 Å². The molecule has 3 aromatic heterocycles. The summed E-state index contributed by atoms with van der Waals surface area (Å²) in [6, 6.07) is 9.34. The zero-order chi connectivity index (χ0) is 23.7. The van der Waals surface area contributed by atoms with Crippen LogP contribution in [0.1, 0.15) is 54.7 Å². The number of ether oxygens (including phenoxy) is 1. The van der Waals surface area contributed by atoms with Crippen molar-refractivity contribution >= 4 is 22.6 Å². The quantitative estimate of drug-likeness (QED) is 0.349. The van der Waals surface area contributed by atoms with Crippen LogP contribution < -0.4 is 0 Å². The van der Waals surface area contributed by atoms with E-state index in [1.807, 2.05) is 43.1 Å². The van der Waals surface area contributed by atoms with Gasteiger partial charge in [0.2, 0.25) is 0 Å². The maximum Gasteiger partial charge on any atom is 0.134 e. The Bertz CT molecular complexity index is 1300. The van der Waals surface area contributed by atoms with Crippen molar-refractivity contribution in [2.45, 2.75) is 51.5 Å². The molecule has 0 bridgehead atoms. The zero-order valence-electron chi connectivity index (χ0n) is 19.3. The van der Waals surface area contributed by atoms with Crippen LogP contribution in [0.25, 0.3) is 22.3 Å². The van der Waals surface area contributed by atoms with Crippen LogP contribution in [0.2, 0.25) is 5.02 Å². The van der Waals surface area contributed by atoms with Gasteiger partial charge in [-0.05, 0) is 75.4 Å². The highest BCUT2D eigenvalue weighted by Gasteiger charge is 2.23. The third kappa shape index (κ3) is 4.95. The van der Waals surface area contributed by atoms with Crippen LogP contribution in [-0.4, -0.2) is 37.9 Å². The van der Waals surface area contributed by atoms with Crippen molar-refractivity contribution in [1.82, 2.24) is 24.7 Å². The Hall–Kier alpha value is -2.90. The fraction of sp³-hybridized carbons (Fsp3) is 0.385. The molecule has 0 radical (unpaired) electrons. The molecule has 0 amide bonds. The van der Waals surface area contributed by atoms with Crippen LogP contribution in [0.4, 0.5) is 4.39 Å². The van der Waals surface area contributed by atoms with Crippen LogP contribution in [0.3, 0.4) is 0 Å². The zero-order valence-corrected chi connectivity index (χ0v) is 20.1. The molecule has 1 saturated carbocycles. The highest BCUT2D eigenvalue weighted by atomic mass is 35.5. The number of aryl methyl sites for hydroxylation is 2. The topological polar surface area (TPSA) is 65.7 Å². The number of benzene rings is 1. The minimum Gasteiger partial charge on any atom is -0.381 e. The van der Waals surface area contributed by atoms with E-state index < -0.39 is 5.82 Å². The van der Waals surface area contributed by atoms with Gasteiger partial charge in [0, 0.05) is 47.8 Å².